The summed E-state index contributed by atoms with van der Waals surface area (Å²) in [5, 5.41) is 4.25. The predicted molar refractivity (Wildman–Crippen MR) is 107 cm³/mol. The lowest BCUT2D eigenvalue weighted by atomic mass is 9.88. The summed E-state index contributed by atoms with van der Waals surface area (Å²) in [5.41, 5.74) is 0.602. The molecule has 0 N–H and O–H groups in total. The fraction of sp³-hybridized carbons (Fsp3) is 0.261. The van der Waals surface area contributed by atoms with E-state index in [1.807, 2.05) is 30.3 Å². The molecule has 1 saturated heterocycles. The van der Waals surface area contributed by atoms with Crippen LogP contribution in [0.4, 0.5) is 8.78 Å². The molecule has 1 unspecified atom stereocenters. The minimum Gasteiger partial charge on any atom is -0.340 e. The third-order valence-corrected chi connectivity index (χ3v) is 5.51. The number of benzene rings is 2. The molecule has 5 nitrogen and oxygen atoms in total. The van der Waals surface area contributed by atoms with Gasteiger partial charge in [-0.3, -0.25) is 14.3 Å². The van der Waals surface area contributed by atoms with E-state index in [0.29, 0.717) is 25.9 Å². The van der Waals surface area contributed by atoms with Gasteiger partial charge in [-0.05, 0) is 42.7 Å². The van der Waals surface area contributed by atoms with Gasteiger partial charge in [0, 0.05) is 31.4 Å². The minimum absolute atomic E-state index is 0.104. The van der Waals surface area contributed by atoms with E-state index in [0.717, 1.165) is 23.8 Å². The highest BCUT2D eigenvalue weighted by Crippen LogP contribution is 2.27. The van der Waals surface area contributed by atoms with E-state index >= 15 is 0 Å². The number of hydrogen-bond donors (Lipinski definition) is 0. The molecule has 154 valence electrons. The molecule has 0 saturated carbocycles. The van der Waals surface area contributed by atoms with Gasteiger partial charge >= 0.3 is 0 Å². The van der Waals surface area contributed by atoms with Gasteiger partial charge in [0.15, 0.2) is 11.8 Å². The highest BCUT2D eigenvalue weighted by Gasteiger charge is 2.33. The number of aromatic nitrogens is 2. The fourth-order valence-electron chi connectivity index (χ4n) is 3.92. The number of hydrogen-bond acceptors (Lipinski definition) is 3. The Bertz CT molecular complexity index is 1030. The number of carbonyl (C=O) groups excluding carboxylic acids is 2. The predicted octanol–water partition coefficient (Wildman–Crippen LogP) is 3.87. The van der Waals surface area contributed by atoms with Gasteiger partial charge < -0.3 is 4.90 Å². The van der Waals surface area contributed by atoms with Gasteiger partial charge in [0.25, 0.3) is 5.91 Å². The second kappa shape index (κ2) is 8.57. The maximum atomic E-state index is 14.0. The maximum absolute atomic E-state index is 14.0. The number of halogens is 2. The molecule has 30 heavy (non-hydrogen) atoms. The number of rotatable bonds is 5. The van der Waals surface area contributed by atoms with Crippen LogP contribution in [0, 0.1) is 17.6 Å². The fourth-order valence-corrected chi connectivity index (χ4v) is 3.92. The summed E-state index contributed by atoms with van der Waals surface area (Å²) in [6.07, 6.45) is 4.18. The monoisotopic (exact) mass is 409 g/mol. The molecule has 2 aromatic carbocycles. The van der Waals surface area contributed by atoms with Gasteiger partial charge in [0.05, 0.1) is 5.56 Å². The molecular weight excluding hydrogens is 388 g/mol. The first-order chi connectivity index (χ1) is 14.5. The first kappa shape index (κ1) is 19.9. The van der Waals surface area contributed by atoms with E-state index in [1.165, 1.54) is 0 Å². The van der Waals surface area contributed by atoms with Crippen molar-refractivity contribution in [2.24, 2.45) is 5.92 Å². The van der Waals surface area contributed by atoms with Crippen molar-refractivity contribution in [3.8, 4) is 0 Å². The Balaban J connectivity index is 1.48. The zero-order chi connectivity index (χ0) is 21.1. The van der Waals surface area contributed by atoms with Crippen molar-refractivity contribution in [2.45, 2.75) is 18.9 Å². The van der Waals surface area contributed by atoms with Crippen LogP contribution in [-0.4, -0.2) is 39.5 Å². The Morgan fingerprint density at radius 1 is 1.00 bits per heavy atom. The Labute approximate surface area is 172 Å². The second-order valence-corrected chi connectivity index (χ2v) is 7.39. The molecule has 1 aromatic heterocycles. The standard InChI is InChI=1S/C23H21F2N3O2/c24-18-7-8-20(25)19(15-18)22(29)17-9-13-27(14-10-17)23(30)21(28-12-4-11-26-28)16-5-2-1-3-6-16/h1-8,11-12,15,17,21H,9-10,13-14H2. The second-order valence-electron chi connectivity index (χ2n) is 7.39. The lowest BCUT2D eigenvalue weighted by Gasteiger charge is -2.34. The van der Waals surface area contributed by atoms with Crippen LogP contribution < -0.4 is 0 Å². The minimum atomic E-state index is -0.720. The first-order valence-corrected chi connectivity index (χ1v) is 9.86. The lowest BCUT2D eigenvalue weighted by Crippen LogP contribution is -2.44. The molecule has 1 aliphatic rings. The summed E-state index contributed by atoms with van der Waals surface area (Å²) in [6, 6.07) is 13.5. The molecule has 1 fully saturated rings. The lowest BCUT2D eigenvalue weighted by molar-refractivity contribution is -0.135. The first-order valence-electron chi connectivity index (χ1n) is 9.86. The van der Waals surface area contributed by atoms with Crippen molar-refractivity contribution < 1.29 is 18.4 Å². The number of Topliss-reactive ketones (excluding diaryl/α,β-unsaturated/α-hetero) is 1. The highest BCUT2D eigenvalue weighted by atomic mass is 19.1. The van der Waals surface area contributed by atoms with E-state index in [2.05, 4.69) is 5.10 Å². The molecule has 0 spiro atoms. The van der Waals surface area contributed by atoms with Crippen LogP contribution in [-0.2, 0) is 4.79 Å². The molecule has 4 rings (SSSR count). The van der Waals surface area contributed by atoms with Crippen LogP contribution in [0.1, 0.15) is 34.8 Å². The molecule has 1 atom stereocenters. The third kappa shape index (κ3) is 4.01. The number of piperidine rings is 1. The largest absolute Gasteiger partial charge is 0.340 e. The van der Waals surface area contributed by atoms with Crippen molar-refractivity contribution in [1.29, 1.82) is 0 Å². The quantitative estimate of drug-likeness (QED) is 0.601. The molecule has 0 radical (unpaired) electrons. The van der Waals surface area contributed by atoms with Gasteiger partial charge in [-0.15, -0.1) is 0 Å². The number of amides is 1. The molecule has 3 aromatic rings. The Kier molecular flexibility index (Phi) is 5.70. The zero-order valence-electron chi connectivity index (χ0n) is 16.2. The Morgan fingerprint density at radius 3 is 2.40 bits per heavy atom. The highest BCUT2D eigenvalue weighted by molar-refractivity contribution is 5.98. The van der Waals surface area contributed by atoms with Crippen LogP contribution in [0.15, 0.2) is 67.0 Å². The van der Waals surface area contributed by atoms with Gasteiger partial charge in [0.2, 0.25) is 0 Å². The summed E-state index contributed by atoms with van der Waals surface area (Å²) in [6.45, 7) is 0.744. The van der Waals surface area contributed by atoms with Crippen LogP contribution in [0.2, 0.25) is 0 Å². The van der Waals surface area contributed by atoms with Crippen molar-refractivity contribution in [1.82, 2.24) is 14.7 Å². The van der Waals surface area contributed by atoms with E-state index in [9.17, 15) is 18.4 Å². The van der Waals surface area contributed by atoms with E-state index < -0.39 is 29.4 Å². The van der Waals surface area contributed by atoms with Crippen LogP contribution in [0.25, 0.3) is 0 Å². The average molecular weight is 409 g/mol. The molecular formula is C23H21F2N3O2. The van der Waals surface area contributed by atoms with Crippen LogP contribution in [0.5, 0.6) is 0 Å². The molecule has 2 heterocycles. The van der Waals surface area contributed by atoms with E-state index in [-0.39, 0.29) is 11.5 Å². The molecule has 0 aliphatic carbocycles. The van der Waals surface area contributed by atoms with Gasteiger partial charge in [-0.2, -0.15) is 5.10 Å². The molecule has 1 aliphatic heterocycles. The van der Waals surface area contributed by atoms with Crippen molar-refractivity contribution >= 4 is 11.7 Å². The SMILES string of the molecule is O=C(c1cc(F)ccc1F)C1CCN(C(=O)C(c2ccccc2)n2cccn2)CC1. The average Bonchev–Trinajstić information content (AvgIpc) is 3.30. The van der Waals surface area contributed by atoms with Crippen LogP contribution >= 0.6 is 0 Å². The van der Waals surface area contributed by atoms with Crippen molar-refractivity contribution in [2.75, 3.05) is 13.1 Å². The summed E-state index contributed by atoms with van der Waals surface area (Å²) in [4.78, 5) is 27.7. The topological polar surface area (TPSA) is 55.2 Å². The number of likely N-dealkylation sites (tertiary alicyclic amines) is 1. The van der Waals surface area contributed by atoms with E-state index in [4.69, 9.17) is 0 Å². The normalized spacial score (nSPS) is 15.7. The number of ketones is 1. The zero-order valence-corrected chi connectivity index (χ0v) is 16.2. The van der Waals surface area contributed by atoms with Crippen LogP contribution in [0.3, 0.4) is 0 Å². The molecule has 0 bridgehead atoms. The van der Waals surface area contributed by atoms with Gasteiger partial charge in [0.1, 0.15) is 11.6 Å². The Morgan fingerprint density at radius 2 is 1.73 bits per heavy atom. The summed E-state index contributed by atoms with van der Waals surface area (Å²) in [5.74, 6) is -2.32. The summed E-state index contributed by atoms with van der Waals surface area (Å²) in [7, 11) is 0. The summed E-state index contributed by atoms with van der Waals surface area (Å²) < 4.78 is 29.0. The third-order valence-electron chi connectivity index (χ3n) is 5.51. The number of nitrogens with zero attached hydrogens (tertiary/aromatic N) is 3. The smallest absolute Gasteiger partial charge is 0.252 e. The molecule has 1 amide bonds. The van der Waals surface area contributed by atoms with Gasteiger partial charge in [-0.25, -0.2) is 8.78 Å². The number of carbonyl (C=O) groups is 2. The van der Waals surface area contributed by atoms with Crippen molar-refractivity contribution in [3.05, 3.63) is 89.8 Å². The molecule has 7 heteroatoms. The van der Waals surface area contributed by atoms with Gasteiger partial charge in [-0.1, -0.05) is 30.3 Å². The van der Waals surface area contributed by atoms with Crippen molar-refractivity contribution in [3.63, 3.8) is 0 Å². The Hall–Kier alpha value is -3.35. The van der Waals surface area contributed by atoms with E-state index in [1.54, 1.807) is 28.0 Å². The summed E-state index contributed by atoms with van der Waals surface area (Å²) >= 11 is 0. The maximum Gasteiger partial charge on any atom is 0.252 e.